The van der Waals surface area contributed by atoms with Crippen molar-refractivity contribution in [2.24, 2.45) is 5.41 Å². The molecule has 0 radical (unpaired) electrons. The van der Waals surface area contributed by atoms with Gasteiger partial charge in [-0.15, -0.1) is 0 Å². The maximum absolute atomic E-state index is 12.0. The highest BCUT2D eigenvalue weighted by Crippen LogP contribution is 2.21. The Balaban J connectivity index is 2.87. The van der Waals surface area contributed by atoms with Gasteiger partial charge in [0.1, 0.15) is 0 Å². The molecular weight excluding hydrogens is 381 g/mol. The van der Waals surface area contributed by atoms with Crippen LogP contribution in [0.3, 0.4) is 0 Å². The monoisotopic (exact) mass is 397 g/mol. The summed E-state index contributed by atoms with van der Waals surface area (Å²) in [7, 11) is -3.67. The summed E-state index contributed by atoms with van der Waals surface area (Å²) in [6, 6.07) is 6.36. The predicted molar refractivity (Wildman–Crippen MR) is 80.4 cm³/mol. The van der Waals surface area contributed by atoms with Gasteiger partial charge in [0.25, 0.3) is 0 Å². The molecule has 0 aliphatic heterocycles. The van der Waals surface area contributed by atoms with E-state index in [1.165, 1.54) is 19.1 Å². The van der Waals surface area contributed by atoms with Crippen molar-refractivity contribution in [3.8, 4) is 0 Å². The lowest BCUT2D eigenvalue weighted by molar-refractivity contribution is -0.147. The molecule has 0 aliphatic rings. The number of aliphatic carboxylic acids is 1. The van der Waals surface area contributed by atoms with Crippen LogP contribution in [-0.2, 0) is 14.8 Å². The van der Waals surface area contributed by atoms with Crippen LogP contribution in [-0.4, -0.2) is 26.0 Å². The minimum atomic E-state index is -3.67. The Bertz CT molecular complexity index is 556. The van der Waals surface area contributed by atoms with Crippen LogP contribution in [0.4, 0.5) is 0 Å². The molecule has 1 aromatic carbocycles. The standard InChI is InChI=1S/C12H16INO4S/c1-3-12(2,11(15)16)8-14-19(17,18)10-6-4-9(13)5-7-10/h4-7,14H,3,8H2,1-2H3,(H,15,16). The van der Waals surface area contributed by atoms with Crippen molar-refractivity contribution in [2.75, 3.05) is 6.54 Å². The number of carboxylic acid groups (broad SMARTS) is 1. The molecule has 0 amide bonds. The average molecular weight is 397 g/mol. The molecule has 1 aromatic rings. The topological polar surface area (TPSA) is 83.5 Å². The van der Waals surface area contributed by atoms with Crippen molar-refractivity contribution in [3.63, 3.8) is 0 Å². The van der Waals surface area contributed by atoms with E-state index in [1.54, 1.807) is 19.1 Å². The van der Waals surface area contributed by atoms with Gasteiger partial charge in [0.2, 0.25) is 10.0 Å². The summed E-state index contributed by atoms with van der Waals surface area (Å²) in [6.07, 6.45) is 0.345. The first kappa shape index (κ1) is 16.4. The van der Waals surface area contributed by atoms with E-state index in [-0.39, 0.29) is 11.4 Å². The lowest BCUT2D eigenvalue weighted by Gasteiger charge is -2.23. The summed E-state index contributed by atoms with van der Waals surface area (Å²) >= 11 is 2.08. The zero-order chi connectivity index (χ0) is 14.7. The van der Waals surface area contributed by atoms with Gasteiger partial charge < -0.3 is 5.11 Å². The van der Waals surface area contributed by atoms with Gasteiger partial charge in [-0.3, -0.25) is 4.79 Å². The number of hydrogen-bond donors (Lipinski definition) is 2. The number of carbonyl (C=O) groups is 1. The molecule has 7 heteroatoms. The van der Waals surface area contributed by atoms with Crippen LogP contribution >= 0.6 is 22.6 Å². The lowest BCUT2D eigenvalue weighted by Crippen LogP contribution is -2.40. The molecule has 106 valence electrons. The van der Waals surface area contributed by atoms with Gasteiger partial charge in [-0.2, -0.15) is 0 Å². The van der Waals surface area contributed by atoms with Crippen LogP contribution in [0.1, 0.15) is 20.3 Å². The molecule has 0 aliphatic carbocycles. The summed E-state index contributed by atoms with van der Waals surface area (Å²) in [6.45, 7) is 3.10. The third-order valence-corrected chi connectivity index (χ3v) is 5.21. The fraction of sp³-hybridized carbons (Fsp3) is 0.417. The molecule has 19 heavy (non-hydrogen) atoms. The third-order valence-electron chi connectivity index (χ3n) is 3.07. The number of carboxylic acids is 1. The summed E-state index contributed by atoms with van der Waals surface area (Å²) < 4.78 is 27.3. The normalized spacial score (nSPS) is 14.9. The van der Waals surface area contributed by atoms with Gasteiger partial charge in [0, 0.05) is 10.1 Å². The molecule has 5 nitrogen and oxygen atoms in total. The minimum Gasteiger partial charge on any atom is -0.481 e. The molecule has 0 bridgehead atoms. The summed E-state index contributed by atoms with van der Waals surface area (Å²) in [5.74, 6) is -1.01. The second kappa shape index (κ2) is 6.19. The Hall–Kier alpha value is -0.670. The molecular formula is C12H16INO4S. The quantitative estimate of drug-likeness (QED) is 0.720. The van der Waals surface area contributed by atoms with Gasteiger partial charge in [0.05, 0.1) is 10.3 Å². The molecule has 0 spiro atoms. The van der Waals surface area contributed by atoms with E-state index in [0.29, 0.717) is 6.42 Å². The van der Waals surface area contributed by atoms with Gasteiger partial charge >= 0.3 is 5.97 Å². The van der Waals surface area contributed by atoms with E-state index in [0.717, 1.165) is 3.57 Å². The third kappa shape index (κ3) is 4.15. The first-order chi connectivity index (χ1) is 8.71. The Morgan fingerprint density at radius 2 is 1.89 bits per heavy atom. The first-order valence-electron chi connectivity index (χ1n) is 5.70. The number of rotatable bonds is 6. The Morgan fingerprint density at radius 1 is 1.37 bits per heavy atom. The number of nitrogens with one attached hydrogen (secondary N) is 1. The smallest absolute Gasteiger partial charge is 0.310 e. The van der Waals surface area contributed by atoms with E-state index in [4.69, 9.17) is 5.11 Å². The maximum atomic E-state index is 12.0. The van der Waals surface area contributed by atoms with Crippen LogP contribution in [0.2, 0.25) is 0 Å². The fourth-order valence-corrected chi connectivity index (χ4v) is 2.83. The van der Waals surface area contributed by atoms with Crippen molar-refractivity contribution >= 4 is 38.6 Å². The van der Waals surface area contributed by atoms with E-state index in [9.17, 15) is 13.2 Å². The number of benzene rings is 1. The highest BCUT2D eigenvalue weighted by atomic mass is 127. The predicted octanol–water partition coefficient (Wildman–Crippen LogP) is 2.07. The number of sulfonamides is 1. The van der Waals surface area contributed by atoms with E-state index in [2.05, 4.69) is 27.3 Å². The van der Waals surface area contributed by atoms with Crippen molar-refractivity contribution in [2.45, 2.75) is 25.2 Å². The van der Waals surface area contributed by atoms with Gasteiger partial charge in [0.15, 0.2) is 0 Å². The zero-order valence-electron chi connectivity index (χ0n) is 10.7. The SMILES string of the molecule is CCC(C)(CNS(=O)(=O)c1ccc(I)cc1)C(=O)O. The zero-order valence-corrected chi connectivity index (χ0v) is 13.7. The average Bonchev–Trinajstić information content (AvgIpc) is 2.36. The summed E-state index contributed by atoms with van der Waals surface area (Å²) in [5.41, 5.74) is -1.10. The second-order valence-corrected chi connectivity index (χ2v) is 7.51. The second-order valence-electron chi connectivity index (χ2n) is 4.50. The molecule has 0 fully saturated rings. The van der Waals surface area contributed by atoms with Crippen molar-refractivity contribution in [1.29, 1.82) is 0 Å². The first-order valence-corrected chi connectivity index (χ1v) is 8.26. The van der Waals surface area contributed by atoms with Crippen LogP contribution < -0.4 is 4.72 Å². The van der Waals surface area contributed by atoms with Gasteiger partial charge in [-0.1, -0.05) is 6.92 Å². The van der Waals surface area contributed by atoms with Crippen LogP contribution in [0.25, 0.3) is 0 Å². The highest BCUT2D eigenvalue weighted by molar-refractivity contribution is 14.1. The van der Waals surface area contributed by atoms with Crippen LogP contribution in [0.5, 0.6) is 0 Å². The van der Waals surface area contributed by atoms with Crippen LogP contribution in [0, 0.1) is 8.99 Å². The Kier molecular flexibility index (Phi) is 5.34. The molecule has 0 aromatic heterocycles. The summed E-state index contributed by atoms with van der Waals surface area (Å²) in [5, 5.41) is 9.10. The Morgan fingerprint density at radius 3 is 2.32 bits per heavy atom. The highest BCUT2D eigenvalue weighted by Gasteiger charge is 2.32. The largest absolute Gasteiger partial charge is 0.481 e. The summed E-state index contributed by atoms with van der Waals surface area (Å²) in [4.78, 5) is 11.3. The molecule has 1 unspecified atom stereocenters. The molecule has 0 saturated heterocycles. The molecule has 2 N–H and O–H groups in total. The van der Waals surface area contributed by atoms with Crippen molar-refractivity contribution in [3.05, 3.63) is 27.8 Å². The van der Waals surface area contributed by atoms with Gasteiger partial charge in [-0.25, -0.2) is 13.1 Å². The van der Waals surface area contributed by atoms with E-state index < -0.39 is 21.4 Å². The number of halogens is 1. The van der Waals surface area contributed by atoms with Crippen LogP contribution in [0.15, 0.2) is 29.2 Å². The van der Waals surface area contributed by atoms with Crippen molar-refractivity contribution < 1.29 is 18.3 Å². The fourth-order valence-electron chi connectivity index (χ4n) is 1.30. The Labute approximate surface area is 126 Å². The van der Waals surface area contributed by atoms with E-state index >= 15 is 0 Å². The maximum Gasteiger partial charge on any atom is 0.310 e. The van der Waals surface area contributed by atoms with Crippen molar-refractivity contribution in [1.82, 2.24) is 4.72 Å². The molecule has 1 atom stereocenters. The number of hydrogen-bond acceptors (Lipinski definition) is 3. The molecule has 0 heterocycles. The minimum absolute atomic E-state index is 0.132. The lowest BCUT2D eigenvalue weighted by atomic mass is 9.88. The molecule has 0 saturated carbocycles. The molecule has 1 rings (SSSR count). The van der Waals surface area contributed by atoms with Gasteiger partial charge in [-0.05, 0) is 60.2 Å². The van der Waals surface area contributed by atoms with E-state index in [1.807, 2.05) is 0 Å².